The molecular formula is C18H17NO2. The van der Waals surface area contributed by atoms with Gasteiger partial charge in [-0.25, -0.2) is 0 Å². The highest BCUT2D eigenvalue weighted by Gasteiger charge is 2.35. The molecule has 3 heteroatoms. The molecule has 0 spiro atoms. The van der Waals surface area contributed by atoms with E-state index in [2.05, 4.69) is 0 Å². The maximum Gasteiger partial charge on any atom is 0.237 e. The first-order valence-electron chi connectivity index (χ1n) is 7.19. The fourth-order valence-electron chi connectivity index (χ4n) is 2.75. The van der Waals surface area contributed by atoms with Crippen molar-refractivity contribution in [2.24, 2.45) is 5.92 Å². The van der Waals surface area contributed by atoms with Gasteiger partial charge >= 0.3 is 0 Å². The minimum absolute atomic E-state index is 0.0519. The van der Waals surface area contributed by atoms with E-state index in [0.717, 1.165) is 11.3 Å². The zero-order valence-corrected chi connectivity index (χ0v) is 11.7. The smallest absolute Gasteiger partial charge is 0.237 e. The first-order chi connectivity index (χ1) is 10.3. The zero-order valence-electron chi connectivity index (χ0n) is 11.7. The number of para-hydroxylation sites is 1. The molecule has 1 saturated heterocycles. The summed E-state index contributed by atoms with van der Waals surface area (Å²) in [6.45, 7) is 0.479. The number of carbonyl (C=O) groups is 2. The standard InChI is InChI=1S/C18H17NO2/c20-17-11-12-19(15-9-5-2-6-10-15)18(21)16(17)13-14-7-3-1-4-8-14/h1-10,16H,11-13H2. The minimum Gasteiger partial charge on any atom is -0.311 e. The molecule has 1 atom stereocenters. The quantitative estimate of drug-likeness (QED) is 0.810. The average Bonchev–Trinajstić information content (AvgIpc) is 2.53. The summed E-state index contributed by atoms with van der Waals surface area (Å²) in [5, 5.41) is 0. The van der Waals surface area contributed by atoms with Crippen LogP contribution in [0, 0.1) is 5.92 Å². The molecule has 1 aliphatic rings. The minimum atomic E-state index is -0.554. The van der Waals surface area contributed by atoms with Crippen LogP contribution in [0.15, 0.2) is 60.7 Å². The van der Waals surface area contributed by atoms with Crippen molar-refractivity contribution in [2.45, 2.75) is 12.8 Å². The van der Waals surface area contributed by atoms with Crippen molar-refractivity contribution in [3.8, 4) is 0 Å². The van der Waals surface area contributed by atoms with Gasteiger partial charge in [-0.05, 0) is 24.1 Å². The van der Waals surface area contributed by atoms with Gasteiger partial charge in [-0.3, -0.25) is 9.59 Å². The molecule has 2 aromatic carbocycles. The Labute approximate surface area is 124 Å². The molecule has 21 heavy (non-hydrogen) atoms. The molecule has 0 aliphatic carbocycles. The third kappa shape index (κ3) is 2.87. The van der Waals surface area contributed by atoms with Crippen LogP contribution in [0.3, 0.4) is 0 Å². The Bertz CT molecular complexity index is 637. The number of Topliss-reactive ketones (excluding diaryl/α,β-unsaturated/α-hetero) is 1. The fraction of sp³-hybridized carbons (Fsp3) is 0.222. The molecule has 0 N–H and O–H groups in total. The second-order valence-electron chi connectivity index (χ2n) is 5.28. The largest absolute Gasteiger partial charge is 0.311 e. The summed E-state index contributed by atoms with van der Waals surface area (Å²) in [5.74, 6) is -0.585. The van der Waals surface area contributed by atoms with Crippen LogP contribution in [0.2, 0.25) is 0 Å². The van der Waals surface area contributed by atoms with Crippen molar-refractivity contribution in [3.63, 3.8) is 0 Å². The van der Waals surface area contributed by atoms with Crippen LogP contribution in [0.4, 0.5) is 5.69 Å². The van der Waals surface area contributed by atoms with Gasteiger partial charge < -0.3 is 4.90 Å². The lowest BCUT2D eigenvalue weighted by atomic mass is 9.89. The first-order valence-corrected chi connectivity index (χ1v) is 7.19. The summed E-state index contributed by atoms with van der Waals surface area (Å²) in [6, 6.07) is 19.3. The molecule has 0 radical (unpaired) electrons. The van der Waals surface area contributed by atoms with Crippen molar-refractivity contribution in [1.29, 1.82) is 0 Å². The first kappa shape index (κ1) is 13.6. The van der Waals surface area contributed by atoms with Gasteiger partial charge in [-0.2, -0.15) is 0 Å². The Morgan fingerprint density at radius 2 is 1.52 bits per heavy atom. The molecule has 0 aromatic heterocycles. The molecule has 3 nitrogen and oxygen atoms in total. The molecule has 1 unspecified atom stereocenters. The average molecular weight is 279 g/mol. The Hall–Kier alpha value is -2.42. The van der Waals surface area contributed by atoms with E-state index in [9.17, 15) is 9.59 Å². The van der Waals surface area contributed by atoms with Gasteiger partial charge in [0.05, 0.1) is 0 Å². The number of hydrogen-bond donors (Lipinski definition) is 0. The van der Waals surface area contributed by atoms with E-state index in [0.29, 0.717) is 19.4 Å². The van der Waals surface area contributed by atoms with Crippen LogP contribution in [-0.2, 0) is 16.0 Å². The monoisotopic (exact) mass is 279 g/mol. The van der Waals surface area contributed by atoms with E-state index < -0.39 is 5.92 Å². The normalized spacial score (nSPS) is 18.9. The third-order valence-electron chi connectivity index (χ3n) is 3.89. The Morgan fingerprint density at radius 1 is 0.905 bits per heavy atom. The van der Waals surface area contributed by atoms with E-state index in [1.807, 2.05) is 60.7 Å². The van der Waals surface area contributed by atoms with Crippen LogP contribution in [0.5, 0.6) is 0 Å². The maximum atomic E-state index is 12.6. The third-order valence-corrected chi connectivity index (χ3v) is 3.89. The number of anilines is 1. The van der Waals surface area contributed by atoms with Crippen LogP contribution in [0.1, 0.15) is 12.0 Å². The number of carbonyl (C=O) groups excluding carboxylic acids is 2. The molecule has 0 saturated carbocycles. The van der Waals surface area contributed by atoms with Crippen molar-refractivity contribution in [1.82, 2.24) is 0 Å². The van der Waals surface area contributed by atoms with E-state index in [-0.39, 0.29) is 11.7 Å². The van der Waals surface area contributed by atoms with E-state index in [1.54, 1.807) is 4.90 Å². The fourth-order valence-corrected chi connectivity index (χ4v) is 2.75. The Morgan fingerprint density at radius 3 is 2.19 bits per heavy atom. The molecule has 1 heterocycles. The molecule has 106 valence electrons. The second-order valence-corrected chi connectivity index (χ2v) is 5.28. The van der Waals surface area contributed by atoms with Gasteiger partial charge in [0, 0.05) is 18.7 Å². The molecule has 1 amide bonds. The van der Waals surface area contributed by atoms with E-state index in [4.69, 9.17) is 0 Å². The van der Waals surface area contributed by atoms with Crippen molar-refractivity contribution in [3.05, 3.63) is 66.2 Å². The Kier molecular flexibility index (Phi) is 3.82. The highest BCUT2D eigenvalue weighted by Crippen LogP contribution is 2.24. The van der Waals surface area contributed by atoms with E-state index >= 15 is 0 Å². The second kappa shape index (κ2) is 5.92. The van der Waals surface area contributed by atoms with Gasteiger partial charge in [0.15, 0.2) is 0 Å². The highest BCUT2D eigenvalue weighted by molar-refractivity contribution is 6.11. The number of rotatable bonds is 3. The summed E-state index contributed by atoms with van der Waals surface area (Å²) < 4.78 is 0. The number of benzene rings is 2. The van der Waals surface area contributed by atoms with Crippen LogP contribution >= 0.6 is 0 Å². The van der Waals surface area contributed by atoms with Gasteiger partial charge in [0.1, 0.15) is 11.7 Å². The molecule has 3 rings (SSSR count). The number of piperidine rings is 1. The zero-order chi connectivity index (χ0) is 14.7. The van der Waals surface area contributed by atoms with Gasteiger partial charge in [-0.15, -0.1) is 0 Å². The van der Waals surface area contributed by atoms with Crippen LogP contribution < -0.4 is 4.90 Å². The number of amides is 1. The summed E-state index contributed by atoms with van der Waals surface area (Å²) in [7, 11) is 0. The molecular weight excluding hydrogens is 262 g/mol. The lowest BCUT2D eigenvalue weighted by Gasteiger charge is -2.31. The van der Waals surface area contributed by atoms with Crippen molar-refractivity contribution < 1.29 is 9.59 Å². The summed E-state index contributed by atoms with van der Waals surface area (Å²) in [5.41, 5.74) is 1.90. The summed E-state index contributed by atoms with van der Waals surface area (Å²) in [4.78, 5) is 26.5. The summed E-state index contributed by atoms with van der Waals surface area (Å²) in [6.07, 6.45) is 0.917. The molecule has 1 aliphatic heterocycles. The predicted molar refractivity (Wildman–Crippen MR) is 82.1 cm³/mol. The summed E-state index contributed by atoms with van der Waals surface area (Å²) >= 11 is 0. The van der Waals surface area contributed by atoms with E-state index in [1.165, 1.54) is 0 Å². The maximum absolute atomic E-state index is 12.6. The number of nitrogens with zero attached hydrogens (tertiary/aromatic N) is 1. The predicted octanol–water partition coefficient (Wildman–Crippen LogP) is 2.85. The highest BCUT2D eigenvalue weighted by atomic mass is 16.2. The lowest BCUT2D eigenvalue weighted by Crippen LogP contribution is -2.47. The number of ketones is 1. The van der Waals surface area contributed by atoms with Gasteiger partial charge in [0.2, 0.25) is 5.91 Å². The van der Waals surface area contributed by atoms with Crippen LogP contribution in [0.25, 0.3) is 0 Å². The lowest BCUT2D eigenvalue weighted by molar-refractivity contribution is -0.134. The Balaban J connectivity index is 1.83. The molecule has 1 fully saturated rings. The van der Waals surface area contributed by atoms with Crippen LogP contribution in [-0.4, -0.2) is 18.2 Å². The van der Waals surface area contributed by atoms with Gasteiger partial charge in [-0.1, -0.05) is 48.5 Å². The SMILES string of the molecule is O=C1CCN(c2ccccc2)C(=O)C1Cc1ccccc1. The topological polar surface area (TPSA) is 37.4 Å². The molecule has 2 aromatic rings. The van der Waals surface area contributed by atoms with Gasteiger partial charge in [0.25, 0.3) is 0 Å². The van der Waals surface area contributed by atoms with Crippen molar-refractivity contribution >= 4 is 17.4 Å². The molecule has 0 bridgehead atoms. The number of hydrogen-bond acceptors (Lipinski definition) is 2. The van der Waals surface area contributed by atoms with Crippen molar-refractivity contribution in [2.75, 3.05) is 11.4 Å².